The lowest BCUT2D eigenvalue weighted by Crippen LogP contribution is -2.31. The highest BCUT2D eigenvalue weighted by molar-refractivity contribution is 4.99. The van der Waals surface area contributed by atoms with E-state index in [-0.39, 0.29) is 24.2 Å². The first-order chi connectivity index (χ1) is 6.19. The molecular formula is C12H22F2. The number of hydrogen-bond acceptors (Lipinski definition) is 0. The third kappa shape index (κ3) is 1.94. The monoisotopic (exact) mass is 204 g/mol. The molecule has 0 N–H and O–H groups in total. The molecule has 0 spiro atoms. The van der Waals surface area contributed by atoms with Crippen molar-refractivity contribution in [3.63, 3.8) is 0 Å². The summed E-state index contributed by atoms with van der Waals surface area (Å²) < 4.78 is 26.8. The second kappa shape index (κ2) is 3.46. The minimum atomic E-state index is -2.44. The largest absolute Gasteiger partial charge is 0.249 e. The molecule has 0 amide bonds. The molecule has 1 rings (SSSR count). The van der Waals surface area contributed by atoms with Crippen molar-refractivity contribution in [2.45, 2.75) is 53.4 Å². The standard InChI is InChI=1S/C12H22F2/c1-8(2)10-6-12(13,14)7-11(10,5)9(3)4/h8-10H,6-7H2,1-5H3. The SMILES string of the molecule is CC(C)C1CC(F)(F)CC1(C)C(C)C. The Hall–Kier alpha value is -0.140. The second-order valence-corrected chi connectivity index (χ2v) is 5.75. The average Bonchev–Trinajstić information content (AvgIpc) is 2.22. The minimum absolute atomic E-state index is 0.0700. The highest BCUT2D eigenvalue weighted by Gasteiger charge is 2.55. The van der Waals surface area contributed by atoms with Gasteiger partial charge in [0.25, 0.3) is 0 Å². The first-order valence-electron chi connectivity index (χ1n) is 5.57. The lowest BCUT2D eigenvalue weighted by molar-refractivity contribution is -0.00731. The summed E-state index contributed by atoms with van der Waals surface area (Å²) >= 11 is 0. The fourth-order valence-corrected chi connectivity index (χ4v) is 2.94. The third-order valence-corrected chi connectivity index (χ3v) is 4.13. The van der Waals surface area contributed by atoms with Gasteiger partial charge in [0.1, 0.15) is 0 Å². The molecule has 0 aliphatic heterocycles. The number of halogens is 2. The molecule has 0 nitrogen and oxygen atoms in total. The summed E-state index contributed by atoms with van der Waals surface area (Å²) in [6.07, 6.45) is 0.153. The van der Waals surface area contributed by atoms with Gasteiger partial charge in [0.05, 0.1) is 0 Å². The first-order valence-corrected chi connectivity index (χ1v) is 5.57. The van der Waals surface area contributed by atoms with E-state index >= 15 is 0 Å². The predicted octanol–water partition coefficient (Wildman–Crippen LogP) is 4.35. The number of hydrogen-bond donors (Lipinski definition) is 0. The molecule has 2 heteroatoms. The highest BCUT2D eigenvalue weighted by Crippen LogP contribution is 2.57. The average molecular weight is 204 g/mol. The van der Waals surface area contributed by atoms with Crippen LogP contribution >= 0.6 is 0 Å². The molecule has 1 aliphatic carbocycles. The minimum Gasteiger partial charge on any atom is -0.207 e. The van der Waals surface area contributed by atoms with Crippen molar-refractivity contribution in [2.75, 3.05) is 0 Å². The summed E-state index contributed by atoms with van der Waals surface area (Å²) in [6.45, 7) is 10.3. The van der Waals surface area contributed by atoms with E-state index in [1.54, 1.807) is 0 Å². The topological polar surface area (TPSA) is 0 Å². The highest BCUT2D eigenvalue weighted by atomic mass is 19.3. The molecule has 1 aliphatic rings. The maximum absolute atomic E-state index is 13.4. The summed E-state index contributed by atoms with van der Waals surface area (Å²) in [6, 6.07) is 0. The van der Waals surface area contributed by atoms with Crippen LogP contribution < -0.4 is 0 Å². The van der Waals surface area contributed by atoms with Crippen LogP contribution in [0, 0.1) is 23.2 Å². The third-order valence-electron chi connectivity index (χ3n) is 4.13. The van der Waals surface area contributed by atoms with Crippen LogP contribution in [0.3, 0.4) is 0 Å². The normalized spacial score (nSPS) is 37.1. The van der Waals surface area contributed by atoms with E-state index in [2.05, 4.69) is 27.7 Å². The molecule has 84 valence electrons. The van der Waals surface area contributed by atoms with Crippen LogP contribution in [0.4, 0.5) is 8.78 Å². The predicted molar refractivity (Wildman–Crippen MR) is 55.5 cm³/mol. The zero-order valence-electron chi connectivity index (χ0n) is 9.90. The Labute approximate surface area is 86.1 Å². The van der Waals surface area contributed by atoms with E-state index in [1.807, 2.05) is 6.92 Å². The molecule has 1 saturated carbocycles. The summed E-state index contributed by atoms with van der Waals surface area (Å²) in [4.78, 5) is 0. The molecule has 1 fully saturated rings. The van der Waals surface area contributed by atoms with Gasteiger partial charge < -0.3 is 0 Å². The van der Waals surface area contributed by atoms with Crippen LogP contribution in [0.2, 0.25) is 0 Å². The Balaban J connectivity index is 2.93. The molecular weight excluding hydrogens is 182 g/mol. The van der Waals surface area contributed by atoms with Gasteiger partial charge in [0, 0.05) is 12.8 Å². The Morgan fingerprint density at radius 3 is 1.93 bits per heavy atom. The lowest BCUT2D eigenvalue weighted by atomic mass is 9.67. The van der Waals surface area contributed by atoms with Gasteiger partial charge in [-0.15, -0.1) is 0 Å². The lowest BCUT2D eigenvalue weighted by Gasteiger charge is -2.37. The van der Waals surface area contributed by atoms with Crippen molar-refractivity contribution in [3.05, 3.63) is 0 Å². The van der Waals surface area contributed by atoms with Crippen LogP contribution in [0.25, 0.3) is 0 Å². The van der Waals surface area contributed by atoms with Crippen molar-refractivity contribution in [1.29, 1.82) is 0 Å². The molecule has 0 aromatic rings. The van der Waals surface area contributed by atoms with Gasteiger partial charge in [-0.2, -0.15) is 0 Å². The number of alkyl halides is 2. The summed E-state index contributed by atoms with van der Waals surface area (Å²) in [5.74, 6) is -1.58. The van der Waals surface area contributed by atoms with Gasteiger partial charge in [0.2, 0.25) is 5.92 Å². The first kappa shape index (κ1) is 11.9. The van der Waals surface area contributed by atoms with Gasteiger partial charge in [-0.25, -0.2) is 8.78 Å². The van der Waals surface area contributed by atoms with Crippen LogP contribution in [0.1, 0.15) is 47.5 Å². The Morgan fingerprint density at radius 1 is 1.14 bits per heavy atom. The second-order valence-electron chi connectivity index (χ2n) is 5.75. The van der Waals surface area contributed by atoms with Gasteiger partial charge in [-0.05, 0) is 23.2 Å². The van der Waals surface area contributed by atoms with E-state index in [4.69, 9.17) is 0 Å². The fraction of sp³-hybridized carbons (Fsp3) is 1.00. The van der Waals surface area contributed by atoms with Crippen LogP contribution in [-0.2, 0) is 0 Å². The van der Waals surface area contributed by atoms with Gasteiger partial charge >= 0.3 is 0 Å². The number of rotatable bonds is 2. The maximum atomic E-state index is 13.4. The van der Waals surface area contributed by atoms with Crippen LogP contribution in [0.5, 0.6) is 0 Å². The van der Waals surface area contributed by atoms with Gasteiger partial charge in [-0.3, -0.25) is 0 Å². The van der Waals surface area contributed by atoms with E-state index in [9.17, 15) is 8.78 Å². The summed E-state index contributed by atoms with van der Waals surface area (Å²) in [5, 5.41) is 0. The molecule has 0 aromatic carbocycles. The van der Waals surface area contributed by atoms with Crippen LogP contribution in [-0.4, -0.2) is 5.92 Å². The molecule has 0 saturated heterocycles. The molecule has 0 bridgehead atoms. The quantitative estimate of drug-likeness (QED) is 0.627. The molecule has 0 heterocycles. The zero-order chi connectivity index (χ0) is 11.1. The molecule has 2 atom stereocenters. The molecule has 0 aromatic heterocycles. The van der Waals surface area contributed by atoms with Gasteiger partial charge in [0.15, 0.2) is 0 Å². The van der Waals surface area contributed by atoms with Crippen molar-refractivity contribution in [2.24, 2.45) is 23.2 Å². The Bertz CT molecular complexity index is 208. The Kier molecular flexibility index (Phi) is 2.95. The Morgan fingerprint density at radius 2 is 1.64 bits per heavy atom. The van der Waals surface area contributed by atoms with Gasteiger partial charge in [-0.1, -0.05) is 34.6 Å². The summed E-state index contributed by atoms with van der Waals surface area (Å²) in [7, 11) is 0. The summed E-state index contributed by atoms with van der Waals surface area (Å²) in [5.41, 5.74) is -0.183. The van der Waals surface area contributed by atoms with Crippen LogP contribution in [0.15, 0.2) is 0 Å². The maximum Gasteiger partial charge on any atom is 0.249 e. The van der Waals surface area contributed by atoms with Crippen molar-refractivity contribution in [3.8, 4) is 0 Å². The van der Waals surface area contributed by atoms with Crippen molar-refractivity contribution >= 4 is 0 Å². The fourth-order valence-electron chi connectivity index (χ4n) is 2.94. The molecule has 0 radical (unpaired) electrons. The van der Waals surface area contributed by atoms with Crippen molar-refractivity contribution < 1.29 is 8.78 Å². The van der Waals surface area contributed by atoms with E-state index in [0.717, 1.165) is 0 Å². The molecule has 2 unspecified atom stereocenters. The smallest absolute Gasteiger partial charge is 0.207 e. The van der Waals surface area contributed by atoms with E-state index in [0.29, 0.717) is 11.8 Å². The zero-order valence-corrected chi connectivity index (χ0v) is 9.90. The van der Waals surface area contributed by atoms with E-state index in [1.165, 1.54) is 0 Å². The van der Waals surface area contributed by atoms with Crippen molar-refractivity contribution in [1.82, 2.24) is 0 Å². The van der Waals surface area contributed by atoms with E-state index < -0.39 is 5.92 Å². The molecule has 14 heavy (non-hydrogen) atoms.